The molecule has 6 heteroatoms. The number of hydrogen-bond donors (Lipinski definition) is 1. The number of benzene rings is 2. The topological polar surface area (TPSA) is 42.0 Å². The van der Waals surface area contributed by atoms with Crippen LogP contribution in [0.15, 0.2) is 53.1 Å². The second kappa shape index (κ2) is 6.64. The summed E-state index contributed by atoms with van der Waals surface area (Å²) >= 11 is 9.08. The molecule has 0 bridgehead atoms. The summed E-state index contributed by atoms with van der Waals surface area (Å²) in [4.78, 5) is 16.4. The molecule has 0 spiro atoms. The van der Waals surface area contributed by atoms with E-state index in [9.17, 15) is 9.18 Å². The maximum absolute atomic E-state index is 13.5. The van der Waals surface area contributed by atoms with Crippen LogP contribution in [0.2, 0.25) is 5.02 Å². The van der Waals surface area contributed by atoms with Crippen molar-refractivity contribution in [3.63, 3.8) is 0 Å². The van der Waals surface area contributed by atoms with Gasteiger partial charge >= 0.3 is 0 Å². The van der Waals surface area contributed by atoms with Crippen molar-refractivity contribution in [1.82, 2.24) is 10.3 Å². The molecular formula is C17H11BrClFN2O. The summed E-state index contributed by atoms with van der Waals surface area (Å²) in [5.41, 5.74) is 1.93. The smallest absolute Gasteiger partial charge is 0.253 e. The summed E-state index contributed by atoms with van der Waals surface area (Å²) in [6.45, 7) is 0.376. The van der Waals surface area contributed by atoms with Crippen LogP contribution < -0.4 is 5.32 Å². The SMILES string of the molecule is O=C(NCc1ccc(Cl)cc1)c1cnc2c(Br)cc(F)cc2c1. The van der Waals surface area contributed by atoms with E-state index < -0.39 is 0 Å². The van der Waals surface area contributed by atoms with Gasteiger partial charge in [-0.25, -0.2) is 4.39 Å². The molecule has 0 atom stereocenters. The molecule has 23 heavy (non-hydrogen) atoms. The summed E-state index contributed by atoms with van der Waals surface area (Å²) < 4.78 is 14.0. The molecule has 0 fully saturated rings. The number of hydrogen-bond acceptors (Lipinski definition) is 2. The molecule has 116 valence electrons. The number of rotatable bonds is 3. The quantitative estimate of drug-likeness (QED) is 0.699. The van der Waals surface area contributed by atoms with Gasteiger partial charge in [-0.2, -0.15) is 0 Å². The Morgan fingerprint density at radius 1 is 1.22 bits per heavy atom. The number of fused-ring (bicyclic) bond motifs is 1. The minimum atomic E-state index is -0.384. The fourth-order valence-corrected chi connectivity index (χ4v) is 2.86. The third-order valence-electron chi connectivity index (χ3n) is 3.33. The van der Waals surface area contributed by atoms with Gasteiger partial charge in [0.15, 0.2) is 0 Å². The van der Waals surface area contributed by atoms with E-state index in [1.165, 1.54) is 18.3 Å². The highest BCUT2D eigenvalue weighted by Gasteiger charge is 2.10. The monoisotopic (exact) mass is 392 g/mol. The largest absolute Gasteiger partial charge is 0.348 e. The Morgan fingerprint density at radius 2 is 1.96 bits per heavy atom. The number of pyridine rings is 1. The molecule has 0 radical (unpaired) electrons. The summed E-state index contributed by atoms with van der Waals surface area (Å²) in [7, 11) is 0. The van der Waals surface area contributed by atoms with Gasteiger partial charge in [0.1, 0.15) is 5.82 Å². The van der Waals surface area contributed by atoms with Gasteiger partial charge in [-0.1, -0.05) is 23.7 Å². The van der Waals surface area contributed by atoms with Gasteiger partial charge in [-0.15, -0.1) is 0 Å². The Bertz CT molecular complexity index is 884. The molecule has 3 rings (SSSR count). The minimum absolute atomic E-state index is 0.269. The number of carbonyl (C=O) groups is 1. The fraction of sp³-hybridized carbons (Fsp3) is 0.0588. The van der Waals surface area contributed by atoms with Gasteiger partial charge in [0, 0.05) is 27.6 Å². The van der Waals surface area contributed by atoms with Crippen LogP contribution >= 0.6 is 27.5 Å². The van der Waals surface area contributed by atoms with E-state index in [-0.39, 0.29) is 11.7 Å². The maximum Gasteiger partial charge on any atom is 0.253 e. The number of aromatic nitrogens is 1. The number of nitrogens with zero attached hydrogens (tertiary/aromatic N) is 1. The summed E-state index contributed by atoms with van der Waals surface area (Å²) in [5, 5.41) is 4.01. The molecule has 1 N–H and O–H groups in total. The molecule has 0 unspecified atom stereocenters. The molecule has 1 aromatic heterocycles. The predicted molar refractivity (Wildman–Crippen MR) is 92.0 cm³/mol. The molecule has 1 heterocycles. The highest BCUT2D eigenvalue weighted by Crippen LogP contribution is 2.24. The lowest BCUT2D eigenvalue weighted by Crippen LogP contribution is -2.22. The summed E-state index contributed by atoms with van der Waals surface area (Å²) in [6, 6.07) is 11.5. The number of carbonyl (C=O) groups excluding carboxylic acids is 1. The Hall–Kier alpha value is -1.98. The normalized spacial score (nSPS) is 10.7. The lowest BCUT2D eigenvalue weighted by Gasteiger charge is -2.07. The molecule has 3 aromatic rings. The van der Waals surface area contributed by atoms with Crippen LogP contribution in [0.3, 0.4) is 0 Å². The van der Waals surface area contributed by atoms with E-state index in [0.29, 0.717) is 32.5 Å². The van der Waals surface area contributed by atoms with E-state index in [4.69, 9.17) is 11.6 Å². The second-order valence-electron chi connectivity index (χ2n) is 4.99. The molecule has 0 aliphatic carbocycles. The Balaban J connectivity index is 1.79. The van der Waals surface area contributed by atoms with Crippen LogP contribution in [0.5, 0.6) is 0 Å². The van der Waals surface area contributed by atoms with Crippen LogP contribution in [0.4, 0.5) is 4.39 Å². The lowest BCUT2D eigenvalue weighted by atomic mass is 10.1. The molecule has 0 saturated carbocycles. The van der Waals surface area contributed by atoms with Crippen molar-refractivity contribution in [3.05, 3.63) is 75.1 Å². The Kier molecular flexibility index (Phi) is 4.59. The lowest BCUT2D eigenvalue weighted by molar-refractivity contribution is 0.0950. The van der Waals surface area contributed by atoms with Crippen LogP contribution in [-0.4, -0.2) is 10.9 Å². The fourth-order valence-electron chi connectivity index (χ4n) is 2.18. The van der Waals surface area contributed by atoms with E-state index in [2.05, 4.69) is 26.2 Å². The molecule has 2 aromatic carbocycles. The first-order valence-corrected chi connectivity index (χ1v) is 7.97. The third kappa shape index (κ3) is 3.68. The van der Waals surface area contributed by atoms with Crippen molar-refractivity contribution >= 4 is 44.3 Å². The first-order chi connectivity index (χ1) is 11.0. The van der Waals surface area contributed by atoms with Crippen molar-refractivity contribution in [2.75, 3.05) is 0 Å². The highest BCUT2D eigenvalue weighted by atomic mass is 79.9. The zero-order chi connectivity index (χ0) is 16.4. The number of halogens is 3. The van der Waals surface area contributed by atoms with E-state index in [1.807, 2.05) is 12.1 Å². The Morgan fingerprint density at radius 3 is 2.70 bits per heavy atom. The van der Waals surface area contributed by atoms with E-state index >= 15 is 0 Å². The third-order valence-corrected chi connectivity index (χ3v) is 4.19. The molecule has 0 saturated heterocycles. The van der Waals surface area contributed by atoms with Gasteiger partial charge in [0.05, 0.1) is 11.1 Å². The van der Waals surface area contributed by atoms with E-state index in [0.717, 1.165) is 5.56 Å². The average molecular weight is 394 g/mol. The van der Waals surface area contributed by atoms with Crippen molar-refractivity contribution in [2.24, 2.45) is 0 Å². The minimum Gasteiger partial charge on any atom is -0.348 e. The number of amides is 1. The average Bonchev–Trinajstić information content (AvgIpc) is 2.53. The first-order valence-electron chi connectivity index (χ1n) is 6.80. The predicted octanol–water partition coefficient (Wildman–Crippen LogP) is 4.72. The van der Waals surface area contributed by atoms with Gasteiger partial charge in [-0.3, -0.25) is 9.78 Å². The van der Waals surface area contributed by atoms with Gasteiger partial charge in [-0.05, 0) is 51.8 Å². The second-order valence-corrected chi connectivity index (χ2v) is 6.28. The van der Waals surface area contributed by atoms with Gasteiger partial charge in [0.2, 0.25) is 0 Å². The van der Waals surface area contributed by atoms with Crippen LogP contribution in [0, 0.1) is 5.82 Å². The van der Waals surface area contributed by atoms with Crippen LogP contribution in [0.25, 0.3) is 10.9 Å². The maximum atomic E-state index is 13.5. The summed E-state index contributed by atoms with van der Waals surface area (Å²) in [6.07, 6.45) is 1.47. The highest BCUT2D eigenvalue weighted by molar-refractivity contribution is 9.10. The van der Waals surface area contributed by atoms with Crippen molar-refractivity contribution in [1.29, 1.82) is 0 Å². The zero-order valence-corrected chi connectivity index (χ0v) is 14.2. The molecular weight excluding hydrogens is 383 g/mol. The first kappa shape index (κ1) is 15.9. The van der Waals surface area contributed by atoms with Crippen molar-refractivity contribution < 1.29 is 9.18 Å². The van der Waals surface area contributed by atoms with Gasteiger partial charge < -0.3 is 5.32 Å². The van der Waals surface area contributed by atoms with Crippen molar-refractivity contribution in [2.45, 2.75) is 6.54 Å². The van der Waals surface area contributed by atoms with Crippen LogP contribution in [-0.2, 0) is 6.54 Å². The Labute approximate surface area is 145 Å². The zero-order valence-electron chi connectivity index (χ0n) is 11.8. The van der Waals surface area contributed by atoms with Crippen molar-refractivity contribution in [3.8, 4) is 0 Å². The molecule has 3 nitrogen and oxygen atoms in total. The van der Waals surface area contributed by atoms with E-state index in [1.54, 1.807) is 18.2 Å². The number of nitrogens with one attached hydrogen (secondary N) is 1. The summed E-state index contributed by atoms with van der Waals surface area (Å²) in [5.74, 6) is -0.653. The standard InChI is InChI=1S/C17H11BrClFN2O/c18-15-7-14(20)6-11-5-12(9-21-16(11)15)17(23)22-8-10-1-3-13(19)4-2-10/h1-7,9H,8H2,(H,22,23). The van der Waals surface area contributed by atoms with Gasteiger partial charge in [0.25, 0.3) is 5.91 Å². The molecule has 1 amide bonds. The van der Waals surface area contributed by atoms with Crippen LogP contribution in [0.1, 0.15) is 15.9 Å². The molecule has 0 aliphatic heterocycles. The molecule has 0 aliphatic rings.